The molecule has 1 aliphatic heterocycles. The molecule has 0 unspecified atom stereocenters. The van der Waals surface area contributed by atoms with Gasteiger partial charge in [-0.3, -0.25) is 0 Å². The van der Waals surface area contributed by atoms with Crippen LogP contribution < -0.4 is 10.7 Å². The fraction of sp³-hybridized carbons (Fsp3) is 0.667. The molecule has 5 heteroatoms. The van der Waals surface area contributed by atoms with Crippen LogP contribution in [0, 0.1) is 0 Å². The molecular weight excluding hydrogens is 178 g/mol. The minimum atomic E-state index is 0.876. The van der Waals surface area contributed by atoms with Crippen LogP contribution in [0.25, 0.3) is 0 Å². The number of likely N-dealkylation sites (N-methyl/N-ethyl adjacent to an activating group) is 1. The molecule has 14 heavy (non-hydrogen) atoms. The Morgan fingerprint density at radius 3 is 2.57 bits per heavy atom. The molecule has 5 nitrogen and oxygen atoms in total. The minimum absolute atomic E-state index is 0.876. The summed E-state index contributed by atoms with van der Waals surface area (Å²) in [5.41, 5.74) is 0. The molecule has 1 fully saturated rings. The summed E-state index contributed by atoms with van der Waals surface area (Å²) in [6, 6.07) is 0. The van der Waals surface area contributed by atoms with Crippen molar-refractivity contribution < 1.29 is 0 Å². The van der Waals surface area contributed by atoms with Crippen LogP contribution in [0.4, 0.5) is 5.95 Å². The zero-order valence-corrected chi connectivity index (χ0v) is 8.56. The van der Waals surface area contributed by atoms with Gasteiger partial charge in [0, 0.05) is 38.6 Å². The Kier molecular flexibility index (Phi) is 2.58. The van der Waals surface area contributed by atoms with Crippen molar-refractivity contribution >= 4 is 5.95 Å². The van der Waals surface area contributed by atoms with Crippen LogP contribution in [0.2, 0.25) is 0 Å². The maximum Gasteiger partial charge on any atom is 0.224 e. The molecule has 0 amide bonds. The third-order valence-corrected chi connectivity index (χ3v) is 2.75. The minimum Gasteiger partial charge on any atom is -0.338 e. The molecule has 1 saturated heterocycles. The fourth-order valence-corrected chi connectivity index (χ4v) is 1.81. The van der Waals surface area contributed by atoms with Gasteiger partial charge in [0.1, 0.15) is 0 Å². The summed E-state index contributed by atoms with van der Waals surface area (Å²) in [6.45, 7) is 7.56. The van der Waals surface area contributed by atoms with Crippen molar-refractivity contribution in [3.05, 3.63) is 12.4 Å². The van der Waals surface area contributed by atoms with Crippen LogP contribution in [0.1, 0.15) is 6.92 Å². The van der Waals surface area contributed by atoms with E-state index in [1.165, 1.54) is 0 Å². The van der Waals surface area contributed by atoms with Gasteiger partial charge >= 0.3 is 0 Å². The number of hydrogen-bond acceptors (Lipinski definition) is 4. The van der Waals surface area contributed by atoms with E-state index in [1.807, 2.05) is 0 Å². The van der Waals surface area contributed by atoms with Crippen molar-refractivity contribution in [2.24, 2.45) is 0 Å². The smallest absolute Gasteiger partial charge is 0.224 e. The molecule has 1 aromatic rings. The quantitative estimate of drug-likeness (QED) is 0.661. The van der Waals surface area contributed by atoms with Gasteiger partial charge in [0.2, 0.25) is 5.95 Å². The highest BCUT2D eigenvalue weighted by molar-refractivity contribution is 5.31. The molecule has 0 atom stereocenters. The fourth-order valence-electron chi connectivity index (χ4n) is 1.81. The monoisotopic (exact) mass is 195 g/mol. The highest BCUT2D eigenvalue weighted by Gasteiger charge is 2.18. The normalized spacial score (nSPS) is 18.8. The second-order valence-corrected chi connectivity index (χ2v) is 3.56. The van der Waals surface area contributed by atoms with Gasteiger partial charge in [-0.2, -0.15) is 0 Å². The topological polar surface area (TPSA) is 50.3 Å². The van der Waals surface area contributed by atoms with Crippen molar-refractivity contribution in [3.8, 4) is 0 Å². The number of nitrogens with two attached hydrogens (primary N) is 1. The highest BCUT2D eigenvalue weighted by Crippen LogP contribution is 2.11. The number of rotatable bonds is 2. The van der Waals surface area contributed by atoms with E-state index >= 15 is 0 Å². The molecule has 78 valence electrons. The molecule has 0 spiro atoms. The van der Waals surface area contributed by atoms with Gasteiger partial charge in [-0.1, -0.05) is 6.92 Å². The van der Waals surface area contributed by atoms with Gasteiger partial charge < -0.3 is 15.6 Å². The van der Waals surface area contributed by atoms with Crippen molar-refractivity contribution in [2.75, 3.05) is 43.5 Å². The van der Waals surface area contributed by atoms with E-state index in [4.69, 9.17) is 5.84 Å². The summed E-state index contributed by atoms with van der Waals surface area (Å²) >= 11 is 0. The van der Waals surface area contributed by atoms with E-state index in [0.717, 1.165) is 38.7 Å². The number of aromatic nitrogens is 2. The van der Waals surface area contributed by atoms with Crippen molar-refractivity contribution in [1.82, 2.24) is 14.6 Å². The van der Waals surface area contributed by atoms with Crippen LogP contribution >= 0.6 is 0 Å². The van der Waals surface area contributed by atoms with Crippen LogP contribution in [0.3, 0.4) is 0 Å². The zero-order chi connectivity index (χ0) is 9.97. The Labute approximate surface area is 84.1 Å². The number of piperazine rings is 1. The van der Waals surface area contributed by atoms with E-state index in [1.54, 1.807) is 17.1 Å². The summed E-state index contributed by atoms with van der Waals surface area (Å²) in [7, 11) is 0. The highest BCUT2D eigenvalue weighted by atomic mass is 15.4. The second-order valence-electron chi connectivity index (χ2n) is 3.56. The lowest BCUT2D eigenvalue weighted by Gasteiger charge is -2.34. The molecule has 1 aromatic heterocycles. The van der Waals surface area contributed by atoms with Crippen molar-refractivity contribution in [3.63, 3.8) is 0 Å². The van der Waals surface area contributed by atoms with Gasteiger partial charge in [-0.25, -0.2) is 9.66 Å². The molecular formula is C9H17N5. The molecule has 2 rings (SSSR count). The standard InChI is InChI=1S/C9H17N5/c1-2-12-5-7-13(8-6-12)9-11-3-4-14(9)10/h3-4H,2,5-8,10H2,1H3. The summed E-state index contributed by atoms with van der Waals surface area (Å²) in [5, 5.41) is 0. The number of imidazole rings is 1. The lowest BCUT2D eigenvalue weighted by atomic mass is 10.3. The predicted octanol–water partition coefficient (Wildman–Crippen LogP) is -0.261. The van der Waals surface area contributed by atoms with E-state index < -0.39 is 0 Å². The molecule has 2 N–H and O–H groups in total. The largest absolute Gasteiger partial charge is 0.338 e. The summed E-state index contributed by atoms with van der Waals surface area (Å²) in [5.74, 6) is 6.61. The van der Waals surface area contributed by atoms with Crippen LogP contribution in [-0.4, -0.2) is 47.3 Å². The Morgan fingerprint density at radius 1 is 1.36 bits per heavy atom. The van der Waals surface area contributed by atoms with Crippen LogP contribution in [0.5, 0.6) is 0 Å². The van der Waals surface area contributed by atoms with Gasteiger partial charge in [-0.15, -0.1) is 0 Å². The van der Waals surface area contributed by atoms with E-state index in [-0.39, 0.29) is 0 Å². The van der Waals surface area contributed by atoms with Crippen molar-refractivity contribution in [1.29, 1.82) is 0 Å². The van der Waals surface area contributed by atoms with E-state index in [2.05, 4.69) is 21.7 Å². The predicted molar refractivity (Wildman–Crippen MR) is 56.7 cm³/mol. The Morgan fingerprint density at radius 2 is 2.07 bits per heavy atom. The second kappa shape index (κ2) is 3.88. The average Bonchev–Trinajstić information content (AvgIpc) is 2.65. The van der Waals surface area contributed by atoms with E-state index in [9.17, 15) is 0 Å². The Hall–Kier alpha value is -1.23. The SMILES string of the molecule is CCN1CCN(c2nccn2N)CC1. The van der Waals surface area contributed by atoms with Gasteiger partial charge in [0.25, 0.3) is 0 Å². The van der Waals surface area contributed by atoms with Crippen LogP contribution in [-0.2, 0) is 0 Å². The number of nitrogens with zero attached hydrogens (tertiary/aromatic N) is 4. The first-order valence-electron chi connectivity index (χ1n) is 5.07. The third-order valence-electron chi connectivity index (χ3n) is 2.75. The molecule has 0 aliphatic carbocycles. The lowest BCUT2D eigenvalue weighted by molar-refractivity contribution is 0.269. The lowest BCUT2D eigenvalue weighted by Crippen LogP contribution is -2.47. The third kappa shape index (κ3) is 1.68. The molecule has 1 aliphatic rings. The zero-order valence-electron chi connectivity index (χ0n) is 8.56. The summed E-state index contributed by atoms with van der Waals surface area (Å²) in [6.07, 6.45) is 3.52. The van der Waals surface area contributed by atoms with E-state index in [0.29, 0.717) is 0 Å². The first-order valence-corrected chi connectivity index (χ1v) is 5.07. The molecule has 2 heterocycles. The Bertz CT molecular complexity index is 287. The Balaban J connectivity index is 1.99. The van der Waals surface area contributed by atoms with Crippen LogP contribution in [0.15, 0.2) is 12.4 Å². The van der Waals surface area contributed by atoms with Gasteiger partial charge in [-0.05, 0) is 6.54 Å². The average molecular weight is 195 g/mol. The maximum atomic E-state index is 5.74. The summed E-state index contributed by atoms with van der Waals surface area (Å²) in [4.78, 5) is 8.89. The van der Waals surface area contributed by atoms with Gasteiger partial charge in [0.15, 0.2) is 0 Å². The molecule has 0 saturated carbocycles. The summed E-state index contributed by atoms with van der Waals surface area (Å²) < 4.78 is 1.58. The number of hydrogen-bond donors (Lipinski definition) is 1. The molecule has 0 bridgehead atoms. The maximum absolute atomic E-state index is 5.74. The van der Waals surface area contributed by atoms with Crippen molar-refractivity contribution in [2.45, 2.75) is 6.92 Å². The molecule has 0 radical (unpaired) electrons. The number of anilines is 1. The number of nitrogen functional groups attached to an aromatic ring is 1. The first kappa shape index (κ1) is 9.33. The molecule has 0 aromatic carbocycles. The van der Waals surface area contributed by atoms with Gasteiger partial charge in [0.05, 0.1) is 0 Å². The first-order chi connectivity index (χ1) is 6.81.